The molecule has 2 aromatic carbocycles. The number of methoxy groups -OCH3 is 1. The molecule has 0 radical (unpaired) electrons. The van der Waals surface area contributed by atoms with Gasteiger partial charge in [0.1, 0.15) is 11.6 Å². The molecule has 0 fully saturated rings. The van der Waals surface area contributed by atoms with Gasteiger partial charge in [0, 0.05) is 0 Å². The van der Waals surface area contributed by atoms with Gasteiger partial charge < -0.3 is 15.2 Å². The van der Waals surface area contributed by atoms with E-state index in [1.165, 1.54) is 25.3 Å². The fourth-order valence-corrected chi connectivity index (χ4v) is 2.11. The van der Waals surface area contributed by atoms with E-state index in [-0.39, 0.29) is 12.3 Å². The number of halogens is 1. The van der Waals surface area contributed by atoms with Gasteiger partial charge in [-0.05, 0) is 42.3 Å². The molecule has 0 aliphatic rings. The minimum absolute atomic E-state index is 0.166. The van der Waals surface area contributed by atoms with E-state index < -0.39 is 11.9 Å². The van der Waals surface area contributed by atoms with Crippen LogP contribution >= 0.6 is 0 Å². The van der Waals surface area contributed by atoms with Crippen molar-refractivity contribution in [2.75, 3.05) is 12.4 Å². The predicted octanol–water partition coefficient (Wildman–Crippen LogP) is 3.20. The molecule has 0 aliphatic carbocycles. The summed E-state index contributed by atoms with van der Waals surface area (Å²) < 4.78 is 18.3. The van der Waals surface area contributed by atoms with Gasteiger partial charge in [-0.3, -0.25) is 4.79 Å². The van der Waals surface area contributed by atoms with Gasteiger partial charge in [-0.2, -0.15) is 0 Å². The van der Waals surface area contributed by atoms with E-state index in [1.54, 1.807) is 18.2 Å². The van der Waals surface area contributed by atoms with Crippen molar-refractivity contribution in [2.24, 2.45) is 0 Å². The first-order valence-electron chi connectivity index (χ1n) is 6.87. The zero-order valence-corrected chi connectivity index (χ0v) is 12.5. The summed E-state index contributed by atoms with van der Waals surface area (Å²) in [4.78, 5) is 12.0. The second kappa shape index (κ2) is 7.04. The Morgan fingerprint density at radius 3 is 2.77 bits per heavy atom. The standard InChI is InChI=1S/C17H18FNO3/c1-11-6-7-14(16(8-11)22-2)19-17(21)10-15(20)12-4-3-5-13(18)9-12/h3-9,15,20H,10H2,1-2H3,(H,19,21). The summed E-state index contributed by atoms with van der Waals surface area (Å²) in [7, 11) is 1.52. The van der Waals surface area contributed by atoms with E-state index in [9.17, 15) is 14.3 Å². The molecule has 1 unspecified atom stereocenters. The number of nitrogens with one attached hydrogen (secondary N) is 1. The Kier molecular flexibility index (Phi) is 5.12. The SMILES string of the molecule is COc1cc(C)ccc1NC(=O)CC(O)c1cccc(F)c1. The fraction of sp³-hybridized carbons (Fsp3) is 0.235. The number of aliphatic hydroxyl groups excluding tert-OH is 1. The third-order valence-electron chi connectivity index (χ3n) is 3.24. The number of hydrogen-bond acceptors (Lipinski definition) is 3. The van der Waals surface area contributed by atoms with Crippen LogP contribution in [0.2, 0.25) is 0 Å². The van der Waals surface area contributed by atoms with E-state index in [0.717, 1.165) is 5.56 Å². The van der Waals surface area contributed by atoms with E-state index >= 15 is 0 Å². The molecule has 2 aromatic rings. The quantitative estimate of drug-likeness (QED) is 0.891. The lowest BCUT2D eigenvalue weighted by molar-refractivity contribution is -0.118. The van der Waals surface area contributed by atoms with E-state index in [0.29, 0.717) is 17.0 Å². The molecular formula is C17H18FNO3. The maximum Gasteiger partial charge on any atom is 0.227 e. The molecule has 2 N–H and O–H groups in total. The molecule has 1 amide bonds. The van der Waals surface area contributed by atoms with Crippen molar-refractivity contribution >= 4 is 11.6 Å². The highest BCUT2D eigenvalue weighted by molar-refractivity contribution is 5.92. The van der Waals surface area contributed by atoms with Crippen molar-refractivity contribution in [3.8, 4) is 5.75 Å². The third kappa shape index (κ3) is 4.05. The molecule has 2 rings (SSSR count). The lowest BCUT2D eigenvalue weighted by atomic mass is 10.1. The number of amides is 1. The number of carbonyl (C=O) groups excluding carboxylic acids is 1. The van der Waals surface area contributed by atoms with Gasteiger partial charge in [-0.1, -0.05) is 18.2 Å². The molecular weight excluding hydrogens is 285 g/mol. The van der Waals surface area contributed by atoms with Crippen molar-refractivity contribution in [1.82, 2.24) is 0 Å². The highest BCUT2D eigenvalue weighted by Gasteiger charge is 2.15. The molecule has 22 heavy (non-hydrogen) atoms. The van der Waals surface area contributed by atoms with Crippen LogP contribution < -0.4 is 10.1 Å². The second-order valence-electron chi connectivity index (χ2n) is 5.03. The Labute approximate surface area is 128 Å². The Balaban J connectivity index is 2.04. The summed E-state index contributed by atoms with van der Waals surface area (Å²) >= 11 is 0. The predicted molar refractivity (Wildman–Crippen MR) is 82.3 cm³/mol. The monoisotopic (exact) mass is 303 g/mol. The van der Waals surface area contributed by atoms with Crippen LogP contribution in [0.25, 0.3) is 0 Å². The fourth-order valence-electron chi connectivity index (χ4n) is 2.11. The normalized spacial score (nSPS) is 11.8. The van der Waals surface area contributed by atoms with Gasteiger partial charge in [0.25, 0.3) is 0 Å². The first kappa shape index (κ1) is 16.0. The highest BCUT2D eigenvalue weighted by atomic mass is 19.1. The molecule has 0 bridgehead atoms. The van der Waals surface area contributed by atoms with Crippen molar-refractivity contribution in [3.05, 3.63) is 59.4 Å². The van der Waals surface area contributed by atoms with Crippen molar-refractivity contribution < 1.29 is 19.0 Å². The van der Waals surface area contributed by atoms with Crippen molar-refractivity contribution in [3.63, 3.8) is 0 Å². The van der Waals surface area contributed by atoms with E-state index in [1.807, 2.05) is 13.0 Å². The van der Waals surface area contributed by atoms with Gasteiger partial charge in [0.2, 0.25) is 5.91 Å². The molecule has 116 valence electrons. The molecule has 0 spiro atoms. The average molecular weight is 303 g/mol. The number of aliphatic hydroxyl groups is 1. The number of rotatable bonds is 5. The largest absolute Gasteiger partial charge is 0.495 e. The number of hydrogen-bond donors (Lipinski definition) is 2. The Hall–Kier alpha value is -2.40. The highest BCUT2D eigenvalue weighted by Crippen LogP contribution is 2.26. The number of benzene rings is 2. The zero-order chi connectivity index (χ0) is 16.1. The summed E-state index contributed by atoms with van der Waals surface area (Å²) in [6.07, 6.45) is -1.23. The molecule has 5 heteroatoms. The molecule has 0 aromatic heterocycles. The third-order valence-corrected chi connectivity index (χ3v) is 3.24. The van der Waals surface area contributed by atoms with Crippen LogP contribution in [0.1, 0.15) is 23.7 Å². The van der Waals surface area contributed by atoms with Gasteiger partial charge in [-0.15, -0.1) is 0 Å². The van der Waals surface area contributed by atoms with Crippen LogP contribution in [0, 0.1) is 12.7 Å². The topological polar surface area (TPSA) is 58.6 Å². The minimum Gasteiger partial charge on any atom is -0.495 e. The Morgan fingerprint density at radius 1 is 1.32 bits per heavy atom. The van der Waals surface area contributed by atoms with Crippen LogP contribution in [0.15, 0.2) is 42.5 Å². The summed E-state index contributed by atoms with van der Waals surface area (Å²) in [5.41, 5.74) is 1.91. The zero-order valence-electron chi connectivity index (χ0n) is 12.5. The number of ether oxygens (including phenoxy) is 1. The molecule has 1 atom stereocenters. The first-order valence-corrected chi connectivity index (χ1v) is 6.87. The minimum atomic E-state index is -1.06. The summed E-state index contributed by atoms with van der Waals surface area (Å²) in [5.74, 6) is -0.273. The number of aryl methyl sites for hydroxylation is 1. The lowest BCUT2D eigenvalue weighted by Crippen LogP contribution is -2.16. The maximum absolute atomic E-state index is 13.1. The van der Waals surface area contributed by atoms with Crippen molar-refractivity contribution in [2.45, 2.75) is 19.4 Å². The summed E-state index contributed by atoms with van der Waals surface area (Å²) in [6.45, 7) is 1.92. The van der Waals surface area contributed by atoms with E-state index in [2.05, 4.69) is 5.32 Å². The Morgan fingerprint density at radius 2 is 2.09 bits per heavy atom. The van der Waals surface area contributed by atoms with Crippen LogP contribution in [0.5, 0.6) is 5.75 Å². The molecule has 0 aliphatic heterocycles. The van der Waals surface area contributed by atoms with Gasteiger partial charge in [-0.25, -0.2) is 4.39 Å². The summed E-state index contributed by atoms with van der Waals surface area (Å²) in [5, 5.41) is 12.7. The van der Waals surface area contributed by atoms with Crippen LogP contribution in [-0.2, 0) is 4.79 Å². The maximum atomic E-state index is 13.1. The van der Waals surface area contributed by atoms with Crippen LogP contribution in [-0.4, -0.2) is 18.1 Å². The van der Waals surface area contributed by atoms with E-state index in [4.69, 9.17) is 4.74 Å². The number of carbonyl (C=O) groups is 1. The lowest BCUT2D eigenvalue weighted by Gasteiger charge is -2.13. The molecule has 0 saturated heterocycles. The van der Waals surface area contributed by atoms with Gasteiger partial charge in [0.15, 0.2) is 0 Å². The Bertz CT molecular complexity index is 673. The van der Waals surface area contributed by atoms with Crippen LogP contribution in [0.3, 0.4) is 0 Å². The molecule has 0 saturated carbocycles. The second-order valence-corrected chi connectivity index (χ2v) is 5.03. The van der Waals surface area contributed by atoms with Crippen molar-refractivity contribution in [1.29, 1.82) is 0 Å². The first-order chi connectivity index (χ1) is 10.5. The molecule has 0 heterocycles. The van der Waals surface area contributed by atoms with Gasteiger partial charge >= 0.3 is 0 Å². The smallest absolute Gasteiger partial charge is 0.227 e. The van der Waals surface area contributed by atoms with Gasteiger partial charge in [0.05, 0.1) is 25.3 Å². The summed E-state index contributed by atoms with van der Waals surface area (Å²) in [6, 6.07) is 11.0. The molecule has 4 nitrogen and oxygen atoms in total. The van der Waals surface area contributed by atoms with Crippen LogP contribution in [0.4, 0.5) is 10.1 Å². The number of anilines is 1. The average Bonchev–Trinajstić information content (AvgIpc) is 2.49.